The molecule has 0 N–H and O–H groups in total. The molecule has 0 unspecified atom stereocenters. The fourth-order valence-corrected chi connectivity index (χ4v) is 3.20. The van der Waals surface area contributed by atoms with Gasteiger partial charge in [0.25, 0.3) is 5.56 Å². The summed E-state index contributed by atoms with van der Waals surface area (Å²) in [6, 6.07) is 0. The molecule has 0 bridgehead atoms. The molecule has 0 radical (unpaired) electrons. The van der Waals surface area contributed by atoms with Gasteiger partial charge in [0.1, 0.15) is 0 Å². The van der Waals surface area contributed by atoms with Crippen molar-refractivity contribution in [3.05, 3.63) is 21.4 Å². The Hall–Kier alpha value is -1.34. The van der Waals surface area contributed by atoms with Gasteiger partial charge in [-0.2, -0.15) is 4.98 Å². The summed E-state index contributed by atoms with van der Waals surface area (Å²) < 4.78 is 3.39. The van der Waals surface area contributed by atoms with E-state index in [1.807, 2.05) is 26.4 Å². The molecule has 0 spiro atoms. The minimum absolute atomic E-state index is 0.0512. The van der Waals surface area contributed by atoms with Crippen LogP contribution in [-0.4, -0.2) is 25.2 Å². The zero-order valence-electron chi connectivity index (χ0n) is 9.59. The van der Waals surface area contributed by atoms with Gasteiger partial charge in [0.15, 0.2) is 21.3 Å². The monoisotopic (exact) mass is 266 g/mol. The fraction of sp³-hybridized carbons (Fsp3) is 0.300. The summed E-state index contributed by atoms with van der Waals surface area (Å²) in [6.45, 7) is 1.96. The summed E-state index contributed by atoms with van der Waals surface area (Å²) >= 11 is 3.01. The van der Waals surface area contributed by atoms with Gasteiger partial charge >= 0.3 is 0 Å². The average Bonchev–Trinajstić information content (AvgIpc) is 2.80. The molecule has 0 atom stereocenters. The first-order valence-electron chi connectivity index (χ1n) is 5.01. The van der Waals surface area contributed by atoms with Crippen LogP contribution >= 0.6 is 23.1 Å². The molecule has 0 amide bonds. The number of imidazole rings is 1. The van der Waals surface area contributed by atoms with Crippen LogP contribution in [0, 0.1) is 6.92 Å². The predicted octanol–water partition coefficient (Wildman–Crippen LogP) is 1.67. The highest BCUT2D eigenvalue weighted by Gasteiger charge is 2.15. The summed E-state index contributed by atoms with van der Waals surface area (Å²) in [7, 11) is 1.84. The van der Waals surface area contributed by atoms with E-state index in [4.69, 9.17) is 0 Å². The van der Waals surface area contributed by atoms with Crippen molar-refractivity contribution in [2.45, 2.75) is 12.1 Å². The molecule has 17 heavy (non-hydrogen) atoms. The molecule has 0 aliphatic carbocycles. The Morgan fingerprint density at radius 2 is 2.18 bits per heavy atom. The maximum Gasteiger partial charge on any atom is 0.284 e. The molecule has 0 saturated heterocycles. The molecule has 3 aromatic rings. The second-order valence-electron chi connectivity index (χ2n) is 3.74. The Labute approximate surface area is 105 Å². The average molecular weight is 266 g/mol. The van der Waals surface area contributed by atoms with Crippen molar-refractivity contribution in [3.63, 3.8) is 0 Å². The molecule has 3 rings (SSSR count). The van der Waals surface area contributed by atoms with Gasteiger partial charge in [0.05, 0.1) is 0 Å². The number of thiazole rings is 1. The number of hydrogen-bond acceptors (Lipinski definition) is 5. The number of nitrogens with zero attached hydrogens (tertiary/aromatic N) is 4. The van der Waals surface area contributed by atoms with E-state index < -0.39 is 0 Å². The molecule has 88 valence electrons. The minimum atomic E-state index is -0.0512. The van der Waals surface area contributed by atoms with E-state index in [-0.39, 0.29) is 5.56 Å². The third-order valence-electron chi connectivity index (χ3n) is 2.61. The van der Waals surface area contributed by atoms with E-state index in [0.717, 1.165) is 10.0 Å². The molecular formula is C10H10N4OS2. The van der Waals surface area contributed by atoms with Crippen molar-refractivity contribution in [3.8, 4) is 0 Å². The smallest absolute Gasteiger partial charge is 0.284 e. The topological polar surface area (TPSA) is 52.2 Å². The Morgan fingerprint density at radius 3 is 2.88 bits per heavy atom. The van der Waals surface area contributed by atoms with Gasteiger partial charge in [-0.1, -0.05) is 11.8 Å². The summed E-state index contributed by atoms with van der Waals surface area (Å²) in [6.07, 6.45) is 3.76. The molecular weight excluding hydrogens is 256 g/mol. The van der Waals surface area contributed by atoms with Crippen molar-refractivity contribution in [1.82, 2.24) is 18.9 Å². The van der Waals surface area contributed by atoms with Gasteiger partial charge in [-0.3, -0.25) is 9.20 Å². The number of aryl methyl sites for hydroxylation is 2. The highest BCUT2D eigenvalue weighted by atomic mass is 32.2. The Balaban J connectivity index is 2.56. The predicted molar refractivity (Wildman–Crippen MR) is 70.1 cm³/mol. The van der Waals surface area contributed by atoms with E-state index in [9.17, 15) is 4.79 Å². The molecule has 7 heteroatoms. The normalized spacial score (nSPS) is 11.7. The largest absolute Gasteiger partial charge is 0.316 e. The van der Waals surface area contributed by atoms with Crippen LogP contribution in [0.2, 0.25) is 0 Å². The standard InChI is InChI=1S/C10H10N4OS2/c1-5-4-14-8(15)6-7(12-10(14)17-5)11-9(16-3)13(6)2/h4H,1-3H3. The zero-order chi connectivity index (χ0) is 12.2. The third kappa shape index (κ3) is 1.42. The highest BCUT2D eigenvalue weighted by Crippen LogP contribution is 2.20. The van der Waals surface area contributed by atoms with Gasteiger partial charge in [-0.05, 0) is 13.2 Å². The van der Waals surface area contributed by atoms with E-state index in [2.05, 4.69) is 9.97 Å². The van der Waals surface area contributed by atoms with Crippen molar-refractivity contribution >= 4 is 39.2 Å². The van der Waals surface area contributed by atoms with Crippen LogP contribution in [0.3, 0.4) is 0 Å². The molecule has 0 fully saturated rings. The third-order valence-corrected chi connectivity index (χ3v) is 4.24. The molecule has 0 saturated carbocycles. The maximum atomic E-state index is 12.3. The summed E-state index contributed by atoms with van der Waals surface area (Å²) in [4.78, 5) is 22.9. The highest BCUT2D eigenvalue weighted by molar-refractivity contribution is 7.98. The van der Waals surface area contributed by atoms with Crippen molar-refractivity contribution in [2.75, 3.05) is 6.26 Å². The van der Waals surface area contributed by atoms with E-state index in [0.29, 0.717) is 16.1 Å². The first kappa shape index (κ1) is 10.8. The first-order chi connectivity index (χ1) is 8.11. The van der Waals surface area contributed by atoms with Gasteiger partial charge in [-0.25, -0.2) is 4.98 Å². The van der Waals surface area contributed by atoms with Gasteiger partial charge < -0.3 is 4.57 Å². The van der Waals surface area contributed by atoms with Crippen LogP contribution in [0.5, 0.6) is 0 Å². The second-order valence-corrected chi connectivity index (χ2v) is 5.73. The van der Waals surface area contributed by atoms with Crippen LogP contribution in [-0.2, 0) is 7.05 Å². The number of hydrogen-bond donors (Lipinski definition) is 0. The van der Waals surface area contributed by atoms with Crippen LogP contribution in [0.25, 0.3) is 16.1 Å². The van der Waals surface area contributed by atoms with Gasteiger partial charge in [-0.15, -0.1) is 11.3 Å². The summed E-state index contributed by atoms with van der Waals surface area (Å²) in [5, 5.41) is 0.805. The zero-order valence-corrected chi connectivity index (χ0v) is 11.2. The Bertz CT molecular complexity index is 783. The molecule has 0 aromatic carbocycles. The molecule has 0 aliphatic heterocycles. The molecule has 0 aliphatic rings. The first-order valence-corrected chi connectivity index (χ1v) is 7.05. The lowest BCUT2D eigenvalue weighted by Gasteiger charge is -1.97. The summed E-state index contributed by atoms with van der Waals surface area (Å²) in [5.41, 5.74) is 1.04. The molecule has 3 heterocycles. The van der Waals surface area contributed by atoms with Gasteiger partial charge in [0.2, 0.25) is 0 Å². The number of rotatable bonds is 1. The quantitative estimate of drug-likeness (QED) is 0.629. The van der Waals surface area contributed by atoms with E-state index >= 15 is 0 Å². The Morgan fingerprint density at radius 1 is 1.41 bits per heavy atom. The second kappa shape index (κ2) is 3.58. The molecule has 5 nitrogen and oxygen atoms in total. The van der Waals surface area contributed by atoms with Crippen LogP contribution in [0.1, 0.15) is 4.88 Å². The van der Waals surface area contributed by atoms with E-state index in [1.165, 1.54) is 23.1 Å². The molecule has 3 aromatic heterocycles. The number of fused-ring (bicyclic) bond motifs is 2. The van der Waals surface area contributed by atoms with Crippen LogP contribution in [0.15, 0.2) is 16.1 Å². The van der Waals surface area contributed by atoms with Crippen molar-refractivity contribution in [2.24, 2.45) is 7.05 Å². The lowest BCUT2D eigenvalue weighted by atomic mass is 10.5. The maximum absolute atomic E-state index is 12.3. The van der Waals surface area contributed by atoms with Crippen molar-refractivity contribution in [1.29, 1.82) is 0 Å². The van der Waals surface area contributed by atoms with Crippen molar-refractivity contribution < 1.29 is 0 Å². The fourth-order valence-electron chi connectivity index (χ4n) is 1.85. The number of aromatic nitrogens is 4. The van der Waals surface area contributed by atoms with Crippen LogP contribution < -0.4 is 5.56 Å². The summed E-state index contributed by atoms with van der Waals surface area (Å²) in [5.74, 6) is 0. The van der Waals surface area contributed by atoms with Gasteiger partial charge in [0, 0.05) is 18.1 Å². The van der Waals surface area contributed by atoms with Crippen LogP contribution in [0.4, 0.5) is 0 Å². The number of thioether (sulfide) groups is 1. The minimum Gasteiger partial charge on any atom is -0.316 e. The Kier molecular flexibility index (Phi) is 2.27. The SMILES string of the molecule is CSc1nc2nc3sc(C)cn3c(=O)c2n1C. The van der Waals surface area contributed by atoms with E-state index in [1.54, 1.807) is 8.97 Å². The lowest BCUT2D eigenvalue weighted by Crippen LogP contribution is -2.15. The lowest BCUT2D eigenvalue weighted by molar-refractivity contribution is 0.811.